The van der Waals surface area contributed by atoms with Crippen molar-refractivity contribution >= 4 is 21.5 Å². The molecule has 10 heteroatoms. The Labute approximate surface area is 290 Å². The van der Waals surface area contributed by atoms with Gasteiger partial charge in [-0.15, -0.1) is 0 Å². The summed E-state index contributed by atoms with van der Waals surface area (Å²) in [5.41, 5.74) is 5.92. The molecule has 49 heavy (non-hydrogen) atoms. The van der Waals surface area contributed by atoms with Crippen LogP contribution in [0.4, 0.5) is 0 Å². The van der Waals surface area contributed by atoms with Gasteiger partial charge in [-0.1, -0.05) is 27.7 Å². The number of rotatable bonds is 14. The summed E-state index contributed by atoms with van der Waals surface area (Å²) in [7, 11) is 14.6. The van der Waals surface area contributed by atoms with E-state index in [-0.39, 0.29) is 31.7 Å². The Balaban J connectivity index is 0.00000209. The zero-order valence-corrected chi connectivity index (χ0v) is 31.4. The molecule has 4 aromatic rings. The first-order valence-electron chi connectivity index (χ1n) is 16.2. The molecule has 0 heterocycles. The monoisotopic (exact) mass is 682 g/mol. The third-order valence-corrected chi connectivity index (χ3v) is 8.60. The van der Waals surface area contributed by atoms with Gasteiger partial charge in [-0.25, -0.2) is 0 Å². The summed E-state index contributed by atoms with van der Waals surface area (Å²) in [4.78, 5) is 0. The Kier molecular flexibility index (Phi) is 14.3. The number of aliphatic hydroxyl groups excluding tert-OH is 2. The lowest BCUT2D eigenvalue weighted by Gasteiger charge is -2.28. The molecule has 0 saturated heterocycles. The van der Waals surface area contributed by atoms with Crippen LogP contribution in [-0.4, -0.2) is 74.2 Å². The Hall–Kier alpha value is -3.80. The van der Waals surface area contributed by atoms with Crippen LogP contribution in [-0.2, 0) is 40.6 Å². The molecule has 0 saturated carbocycles. The van der Waals surface area contributed by atoms with Crippen LogP contribution >= 0.6 is 0 Å². The van der Waals surface area contributed by atoms with Crippen LogP contribution in [0.1, 0.15) is 72.9 Å². The van der Waals surface area contributed by atoms with E-state index in [1.165, 1.54) is 0 Å². The van der Waals surface area contributed by atoms with Crippen LogP contribution in [0.5, 0.6) is 28.7 Å². The Morgan fingerprint density at radius 3 is 1.35 bits per heavy atom. The number of hydrogen-bond acceptors (Lipinski definition) is 10. The van der Waals surface area contributed by atoms with Gasteiger partial charge >= 0.3 is 0 Å². The molecule has 4 aromatic carbocycles. The molecule has 0 aliphatic rings. The van der Waals surface area contributed by atoms with E-state index in [9.17, 15) is 10.2 Å². The predicted octanol–water partition coefficient (Wildman–Crippen LogP) is 7.49. The maximum atomic E-state index is 11.0. The van der Waals surface area contributed by atoms with Gasteiger partial charge in [-0.3, -0.25) is 0 Å². The molecular formula is C39H54O10. The highest BCUT2D eigenvalue weighted by Crippen LogP contribution is 2.54. The molecule has 0 atom stereocenters. The van der Waals surface area contributed by atoms with Gasteiger partial charge in [-0.2, -0.15) is 0 Å². The fourth-order valence-corrected chi connectivity index (χ4v) is 6.92. The Bertz CT molecular complexity index is 1740. The van der Waals surface area contributed by atoms with Crippen LogP contribution in [0.2, 0.25) is 0 Å². The lowest BCUT2D eigenvalue weighted by molar-refractivity contribution is 0.182. The van der Waals surface area contributed by atoms with E-state index in [0.717, 1.165) is 49.5 Å². The van der Waals surface area contributed by atoms with Gasteiger partial charge in [0.25, 0.3) is 0 Å². The normalized spacial score (nSPS) is 11.3. The first-order chi connectivity index (χ1) is 23.5. The van der Waals surface area contributed by atoms with Gasteiger partial charge in [0.1, 0.15) is 17.2 Å². The molecule has 0 bridgehead atoms. The van der Waals surface area contributed by atoms with Crippen molar-refractivity contribution in [3.63, 3.8) is 0 Å². The van der Waals surface area contributed by atoms with Crippen LogP contribution in [0.15, 0.2) is 18.2 Å². The summed E-state index contributed by atoms with van der Waals surface area (Å²) < 4.78 is 45.9. The fourth-order valence-electron chi connectivity index (χ4n) is 6.92. The number of benzene rings is 4. The van der Waals surface area contributed by atoms with Crippen molar-refractivity contribution in [1.29, 1.82) is 0 Å². The van der Waals surface area contributed by atoms with E-state index in [1.807, 2.05) is 18.2 Å². The molecule has 4 rings (SSSR count). The quantitative estimate of drug-likeness (QED) is 0.139. The second kappa shape index (κ2) is 17.7. The minimum Gasteiger partial charge on any atom is -0.496 e. The smallest absolute Gasteiger partial charge is 0.167 e. The van der Waals surface area contributed by atoms with E-state index >= 15 is 0 Å². The van der Waals surface area contributed by atoms with Crippen LogP contribution < -0.4 is 23.7 Å². The number of methoxy groups -OCH3 is 8. The number of hydrogen-bond donors (Lipinski definition) is 2. The molecule has 270 valence electrons. The van der Waals surface area contributed by atoms with Crippen LogP contribution in [0, 0.1) is 0 Å². The molecule has 0 amide bonds. The zero-order chi connectivity index (χ0) is 36.6. The van der Waals surface area contributed by atoms with Gasteiger partial charge < -0.3 is 48.1 Å². The van der Waals surface area contributed by atoms with Gasteiger partial charge in [0, 0.05) is 67.0 Å². The standard InChI is InChI=1S/C37H48O9.C2H6O/c1-19(2)28-24-12-21(15-38)31(35(44-9)30(24)23(17-40-5)14-27(28)42-7)32-22(16-39)13-25-29(20(3)4)37(46-11)34(43-8)26(18-41-6)33(25)36(32)45-10;1-3-2/h12-14,19-20,38-39H,15-18H2,1-11H3;1-2H3. The third-order valence-electron chi connectivity index (χ3n) is 8.60. The average molecular weight is 683 g/mol. The average Bonchev–Trinajstić information content (AvgIpc) is 3.09. The van der Waals surface area contributed by atoms with Gasteiger partial charge in [0.05, 0.1) is 62.0 Å². The molecule has 0 radical (unpaired) electrons. The molecule has 0 fully saturated rings. The predicted molar refractivity (Wildman–Crippen MR) is 194 cm³/mol. The second-order valence-corrected chi connectivity index (χ2v) is 12.2. The zero-order valence-electron chi connectivity index (χ0n) is 31.4. The molecule has 0 unspecified atom stereocenters. The van der Waals surface area contributed by atoms with Crippen molar-refractivity contribution in [3.05, 3.63) is 51.6 Å². The maximum Gasteiger partial charge on any atom is 0.167 e. The van der Waals surface area contributed by atoms with Crippen LogP contribution in [0.3, 0.4) is 0 Å². The van der Waals surface area contributed by atoms with Crippen molar-refractivity contribution in [2.45, 2.75) is 66.0 Å². The van der Waals surface area contributed by atoms with E-state index in [0.29, 0.717) is 51.9 Å². The highest BCUT2D eigenvalue weighted by molar-refractivity contribution is 6.08. The summed E-state index contributed by atoms with van der Waals surface area (Å²) in [6, 6.07) is 5.94. The van der Waals surface area contributed by atoms with Gasteiger partial charge in [0.2, 0.25) is 0 Å². The number of ether oxygens (including phenoxy) is 8. The molecule has 0 aliphatic heterocycles. The second-order valence-electron chi connectivity index (χ2n) is 12.2. The number of aliphatic hydroxyl groups is 2. The van der Waals surface area contributed by atoms with E-state index in [1.54, 1.807) is 64.0 Å². The Morgan fingerprint density at radius 2 is 0.959 bits per heavy atom. The third kappa shape index (κ3) is 7.25. The lowest BCUT2D eigenvalue weighted by Crippen LogP contribution is -2.09. The molecule has 0 aliphatic carbocycles. The highest BCUT2D eigenvalue weighted by Gasteiger charge is 2.31. The summed E-state index contributed by atoms with van der Waals surface area (Å²) in [6.45, 7) is 8.29. The molecule has 0 aromatic heterocycles. The van der Waals surface area contributed by atoms with Crippen molar-refractivity contribution < 1.29 is 48.1 Å². The maximum absolute atomic E-state index is 11.0. The van der Waals surface area contributed by atoms with Crippen molar-refractivity contribution in [3.8, 4) is 39.9 Å². The molecule has 10 nitrogen and oxygen atoms in total. The highest BCUT2D eigenvalue weighted by atomic mass is 16.5. The SMILES string of the molecule is COC.COCc1cc(OC)c(C(C)C)c2cc(CO)c(-c3c(CO)cc4c(C(C)C)c(OC)c(OC)c(COC)c4c3OC)c(OC)c12. The Morgan fingerprint density at radius 1 is 0.510 bits per heavy atom. The van der Waals surface area contributed by atoms with E-state index < -0.39 is 0 Å². The fraction of sp³-hybridized carbons (Fsp3) is 0.487. The molecule has 0 spiro atoms. The van der Waals surface area contributed by atoms with E-state index in [4.69, 9.17) is 33.2 Å². The minimum atomic E-state index is -0.302. The van der Waals surface area contributed by atoms with Gasteiger partial charge in [0.15, 0.2) is 11.5 Å². The molecule has 2 N–H and O–H groups in total. The van der Waals surface area contributed by atoms with Crippen molar-refractivity contribution in [1.82, 2.24) is 0 Å². The minimum absolute atomic E-state index is 0.0364. The van der Waals surface area contributed by atoms with Gasteiger partial charge in [-0.05, 0) is 57.5 Å². The largest absolute Gasteiger partial charge is 0.496 e. The summed E-state index contributed by atoms with van der Waals surface area (Å²) in [5, 5.41) is 25.3. The summed E-state index contributed by atoms with van der Waals surface area (Å²) in [5.74, 6) is 3.05. The van der Waals surface area contributed by atoms with Crippen LogP contribution in [0.25, 0.3) is 32.7 Å². The lowest BCUT2D eigenvalue weighted by atomic mass is 9.82. The topological polar surface area (TPSA) is 114 Å². The number of fused-ring (bicyclic) bond motifs is 2. The van der Waals surface area contributed by atoms with E-state index in [2.05, 4.69) is 32.4 Å². The van der Waals surface area contributed by atoms with Crippen molar-refractivity contribution in [2.24, 2.45) is 0 Å². The first-order valence-corrected chi connectivity index (χ1v) is 16.2. The summed E-state index contributed by atoms with van der Waals surface area (Å²) >= 11 is 0. The van der Waals surface area contributed by atoms with Crippen molar-refractivity contribution in [2.75, 3.05) is 64.0 Å². The first kappa shape index (κ1) is 39.6. The molecular weight excluding hydrogens is 628 g/mol. The summed E-state index contributed by atoms with van der Waals surface area (Å²) in [6.07, 6.45) is 0.